The Bertz CT molecular complexity index is 722. The summed E-state index contributed by atoms with van der Waals surface area (Å²) >= 11 is 0. The minimum atomic E-state index is -0.117. The summed E-state index contributed by atoms with van der Waals surface area (Å²) in [5, 5.41) is 10.9. The quantitative estimate of drug-likeness (QED) is 0.441. The van der Waals surface area contributed by atoms with Crippen LogP contribution in [0.15, 0.2) is 12.2 Å². The predicted octanol–water partition coefficient (Wildman–Crippen LogP) is 7.59. The second-order valence-electron chi connectivity index (χ2n) is 13.7. The van der Waals surface area contributed by atoms with Crippen molar-refractivity contribution < 1.29 is 5.11 Å². The van der Waals surface area contributed by atoms with Crippen LogP contribution < -0.4 is 0 Å². The molecule has 1 nitrogen and oxygen atoms in total. The summed E-state index contributed by atoms with van der Waals surface area (Å²) in [6, 6.07) is 0. The maximum absolute atomic E-state index is 10.9. The Labute approximate surface area is 186 Å². The van der Waals surface area contributed by atoms with Crippen LogP contribution in [0.25, 0.3) is 0 Å². The average Bonchev–Trinajstić information content (AvgIpc) is 3.10. The molecule has 0 aliphatic heterocycles. The second kappa shape index (κ2) is 6.61. The van der Waals surface area contributed by atoms with E-state index in [0.717, 1.165) is 30.1 Å². The molecule has 169 valence electrons. The fraction of sp³-hybridized carbons (Fsp3) is 0.897. The van der Waals surface area contributed by atoms with E-state index in [-0.39, 0.29) is 11.5 Å². The van der Waals surface area contributed by atoms with Gasteiger partial charge in [0.25, 0.3) is 0 Å². The van der Waals surface area contributed by atoms with Crippen molar-refractivity contribution in [2.75, 3.05) is 0 Å². The molecule has 1 heteroatoms. The molecule has 5 saturated carbocycles. The number of fused-ring (bicyclic) bond motifs is 7. The van der Waals surface area contributed by atoms with Gasteiger partial charge in [-0.15, -0.1) is 0 Å². The molecule has 1 N–H and O–H groups in total. The van der Waals surface area contributed by atoms with E-state index in [1.54, 1.807) is 0 Å². The number of hydrogen-bond donors (Lipinski definition) is 1. The van der Waals surface area contributed by atoms with Gasteiger partial charge in [0.1, 0.15) is 0 Å². The van der Waals surface area contributed by atoms with E-state index < -0.39 is 0 Å². The molecule has 0 unspecified atom stereocenters. The Kier molecular flexibility index (Phi) is 4.75. The number of aliphatic hydroxyl groups excluding tert-OH is 1. The maximum atomic E-state index is 10.9. The highest BCUT2D eigenvalue weighted by molar-refractivity contribution is 5.24. The lowest BCUT2D eigenvalue weighted by Gasteiger charge is -2.72. The normalized spacial score (nSPS) is 55.2. The SMILES string of the molecule is C=C(C)[C@@H]1CC[C]2CC[C@]3(C)[C@H](CC[C@@H]4[C@@]5(C)CC[C@H](O)C(C)(C)[C@@H]5CC[C@]43C)[C@H]21. The smallest absolute Gasteiger partial charge is 0.0594 e. The summed E-state index contributed by atoms with van der Waals surface area (Å²) in [5.74, 6) is 5.85. The molecule has 0 aromatic heterocycles. The van der Waals surface area contributed by atoms with E-state index in [9.17, 15) is 5.11 Å². The zero-order valence-electron chi connectivity index (χ0n) is 20.7. The van der Waals surface area contributed by atoms with Gasteiger partial charge < -0.3 is 5.11 Å². The topological polar surface area (TPSA) is 20.2 Å². The van der Waals surface area contributed by atoms with Crippen LogP contribution in [0.3, 0.4) is 0 Å². The maximum Gasteiger partial charge on any atom is 0.0594 e. The molecule has 0 heterocycles. The highest BCUT2D eigenvalue weighted by Gasteiger charge is 2.68. The zero-order valence-corrected chi connectivity index (χ0v) is 20.7. The van der Waals surface area contributed by atoms with Crippen molar-refractivity contribution in [3.05, 3.63) is 18.1 Å². The molecule has 0 aromatic carbocycles. The van der Waals surface area contributed by atoms with Gasteiger partial charge in [0.2, 0.25) is 0 Å². The average molecular weight is 412 g/mol. The zero-order chi connectivity index (χ0) is 21.7. The molecule has 5 aliphatic carbocycles. The number of hydrogen-bond acceptors (Lipinski definition) is 1. The highest BCUT2D eigenvalue weighted by atomic mass is 16.3. The van der Waals surface area contributed by atoms with Gasteiger partial charge in [-0.05, 0) is 128 Å². The van der Waals surface area contributed by atoms with Crippen LogP contribution in [0.4, 0.5) is 0 Å². The van der Waals surface area contributed by atoms with E-state index in [2.05, 4.69) is 48.1 Å². The minimum Gasteiger partial charge on any atom is -0.393 e. The lowest BCUT2D eigenvalue weighted by atomic mass is 9.33. The molecule has 0 aromatic rings. The summed E-state index contributed by atoms with van der Waals surface area (Å²) < 4.78 is 0. The molecule has 30 heavy (non-hydrogen) atoms. The molecular weight excluding hydrogens is 364 g/mol. The van der Waals surface area contributed by atoms with Crippen LogP contribution in [-0.4, -0.2) is 11.2 Å². The Morgan fingerprint density at radius 3 is 2.27 bits per heavy atom. The van der Waals surface area contributed by atoms with Crippen molar-refractivity contribution >= 4 is 0 Å². The molecule has 5 fully saturated rings. The van der Waals surface area contributed by atoms with Crippen molar-refractivity contribution in [3.8, 4) is 0 Å². The molecule has 5 aliphatic rings. The third kappa shape index (κ3) is 2.51. The van der Waals surface area contributed by atoms with Gasteiger partial charge >= 0.3 is 0 Å². The van der Waals surface area contributed by atoms with E-state index in [1.807, 2.05) is 5.92 Å². The van der Waals surface area contributed by atoms with Gasteiger partial charge in [-0.25, -0.2) is 0 Å². The Hall–Kier alpha value is -0.300. The predicted molar refractivity (Wildman–Crippen MR) is 126 cm³/mol. The highest BCUT2D eigenvalue weighted by Crippen LogP contribution is 2.76. The van der Waals surface area contributed by atoms with E-state index in [1.165, 1.54) is 63.4 Å². The van der Waals surface area contributed by atoms with E-state index in [4.69, 9.17) is 0 Å². The first-order valence-electron chi connectivity index (χ1n) is 13.1. The van der Waals surface area contributed by atoms with Gasteiger partial charge in [-0.1, -0.05) is 46.8 Å². The first-order valence-corrected chi connectivity index (χ1v) is 13.1. The van der Waals surface area contributed by atoms with Gasteiger partial charge in [0.05, 0.1) is 6.10 Å². The van der Waals surface area contributed by atoms with Crippen LogP contribution in [0.1, 0.15) is 106 Å². The van der Waals surface area contributed by atoms with Crippen molar-refractivity contribution in [1.82, 2.24) is 0 Å². The van der Waals surface area contributed by atoms with Crippen LogP contribution in [0, 0.1) is 57.2 Å². The molecule has 5 rings (SSSR count). The molecule has 0 amide bonds. The lowest BCUT2D eigenvalue weighted by molar-refractivity contribution is -0.235. The summed E-state index contributed by atoms with van der Waals surface area (Å²) in [7, 11) is 0. The molecule has 0 saturated heterocycles. The van der Waals surface area contributed by atoms with Crippen LogP contribution in [0.2, 0.25) is 0 Å². The fourth-order valence-corrected chi connectivity index (χ4v) is 10.8. The number of aliphatic hydroxyl groups is 1. The van der Waals surface area contributed by atoms with Crippen molar-refractivity contribution in [2.45, 2.75) is 112 Å². The van der Waals surface area contributed by atoms with Crippen molar-refractivity contribution in [2.24, 2.45) is 51.2 Å². The Morgan fingerprint density at radius 1 is 0.833 bits per heavy atom. The summed E-state index contributed by atoms with van der Waals surface area (Å²) in [6.07, 6.45) is 13.2. The summed E-state index contributed by atoms with van der Waals surface area (Å²) in [5.41, 5.74) is 2.84. The van der Waals surface area contributed by atoms with E-state index in [0.29, 0.717) is 22.2 Å². The summed E-state index contributed by atoms with van der Waals surface area (Å²) in [6.45, 7) is 19.6. The van der Waals surface area contributed by atoms with Crippen LogP contribution in [0.5, 0.6) is 0 Å². The number of rotatable bonds is 1. The molecule has 9 atom stereocenters. The second-order valence-corrected chi connectivity index (χ2v) is 13.7. The largest absolute Gasteiger partial charge is 0.393 e. The van der Waals surface area contributed by atoms with Crippen LogP contribution >= 0.6 is 0 Å². The first kappa shape index (κ1) is 21.5. The molecule has 1 radical (unpaired) electrons. The fourth-order valence-electron chi connectivity index (χ4n) is 10.8. The van der Waals surface area contributed by atoms with E-state index >= 15 is 0 Å². The van der Waals surface area contributed by atoms with Gasteiger partial charge in [-0.2, -0.15) is 0 Å². The van der Waals surface area contributed by atoms with Crippen molar-refractivity contribution in [3.63, 3.8) is 0 Å². The minimum absolute atomic E-state index is 0.0656. The van der Waals surface area contributed by atoms with Crippen LogP contribution in [-0.2, 0) is 0 Å². The Morgan fingerprint density at radius 2 is 1.57 bits per heavy atom. The summed E-state index contributed by atoms with van der Waals surface area (Å²) in [4.78, 5) is 0. The lowest BCUT2D eigenvalue weighted by Crippen LogP contribution is -2.65. The standard InChI is InChI=1S/C29H47O/c1-18(2)20-9-8-19-12-16-28(6)21(25(19)20)10-11-23-27(5)15-14-24(30)26(3,4)22(27)13-17-29(23,28)7/h20-25,30H,1,8-17H2,2-7H3/t20-,21+,22-,23+,24-,25+,27-,28+,29+/m0/s1. The molecule has 0 spiro atoms. The third-order valence-electron chi connectivity index (χ3n) is 12.6. The van der Waals surface area contributed by atoms with Crippen molar-refractivity contribution in [1.29, 1.82) is 0 Å². The first-order chi connectivity index (χ1) is 14.0. The molecule has 0 bridgehead atoms. The van der Waals surface area contributed by atoms with Gasteiger partial charge in [0.15, 0.2) is 0 Å². The monoisotopic (exact) mass is 411 g/mol. The Balaban J connectivity index is 1.53. The third-order valence-corrected chi connectivity index (χ3v) is 12.6. The number of allylic oxidation sites excluding steroid dienone is 1. The van der Waals surface area contributed by atoms with Gasteiger partial charge in [-0.3, -0.25) is 0 Å². The molecular formula is C29H47O. The van der Waals surface area contributed by atoms with Gasteiger partial charge in [0, 0.05) is 0 Å².